The van der Waals surface area contributed by atoms with Crippen molar-refractivity contribution in [2.45, 2.75) is 25.1 Å². The van der Waals surface area contributed by atoms with E-state index in [2.05, 4.69) is 97.9 Å². The molecule has 2 nitrogen and oxygen atoms in total. The van der Waals surface area contributed by atoms with Crippen LogP contribution in [-0.2, 0) is 9.47 Å². The van der Waals surface area contributed by atoms with Crippen molar-refractivity contribution in [1.82, 2.24) is 0 Å². The number of ether oxygens (including phenoxy) is 2. The molecule has 0 bridgehead atoms. The first-order chi connectivity index (χ1) is 13.8. The summed E-state index contributed by atoms with van der Waals surface area (Å²) in [7, 11) is -1.85. The predicted octanol–water partition coefficient (Wildman–Crippen LogP) is 4.17. The summed E-state index contributed by atoms with van der Waals surface area (Å²) in [4.78, 5) is 0. The molecule has 2 atom stereocenters. The van der Waals surface area contributed by atoms with Gasteiger partial charge in [-0.2, -0.15) is 0 Å². The summed E-state index contributed by atoms with van der Waals surface area (Å²) >= 11 is 0. The Bertz CT molecular complexity index is 749. The Morgan fingerprint density at radius 2 is 1.21 bits per heavy atom. The second-order valence-corrected chi connectivity index (χ2v) is 11.3. The summed E-state index contributed by atoms with van der Waals surface area (Å²) in [5, 5.41) is 4.28. The number of hydrogen-bond donors (Lipinski definition) is 0. The Hall–Kier alpha value is -1.99. The molecule has 1 aliphatic rings. The van der Waals surface area contributed by atoms with Gasteiger partial charge in [0, 0.05) is 6.42 Å². The zero-order chi connectivity index (χ0) is 19.2. The Labute approximate surface area is 168 Å². The molecule has 0 spiro atoms. The van der Waals surface area contributed by atoms with E-state index < -0.39 is 7.26 Å². The van der Waals surface area contributed by atoms with Gasteiger partial charge in [0.05, 0.1) is 31.6 Å². The maximum atomic E-state index is 6.04. The molecule has 0 saturated carbocycles. The fraction of sp³-hybridized carbons (Fsp3) is 0.280. The van der Waals surface area contributed by atoms with Crippen LogP contribution in [0, 0.1) is 0 Å². The first kappa shape index (κ1) is 19.3. The molecule has 4 rings (SSSR count). The summed E-state index contributed by atoms with van der Waals surface area (Å²) in [6.45, 7) is 4.51. The van der Waals surface area contributed by atoms with Gasteiger partial charge in [-0.1, -0.05) is 54.6 Å². The molecule has 0 aromatic heterocycles. The van der Waals surface area contributed by atoms with E-state index >= 15 is 0 Å². The summed E-state index contributed by atoms with van der Waals surface area (Å²) in [5.41, 5.74) is 0.436. The van der Waals surface area contributed by atoms with Gasteiger partial charge in [-0.25, -0.2) is 0 Å². The average Bonchev–Trinajstić information content (AvgIpc) is 2.77. The summed E-state index contributed by atoms with van der Waals surface area (Å²) in [5.74, 6) is 0. The SMILES string of the molecule is CC(CC1COCCO1)[P+](c1ccccc1)(c1ccccc1)c1ccccc1. The highest BCUT2D eigenvalue weighted by molar-refractivity contribution is 7.96. The van der Waals surface area contributed by atoms with Gasteiger partial charge in [-0.3, -0.25) is 0 Å². The van der Waals surface area contributed by atoms with Crippen molar-refractivity contribution in [1.29, 1.82) is 0 Å². The lowest BCUT2D eigenvalue weighted by Gasteiger charge is -2.35. The molecule has 0 radical (unpaired) electrons. The smallest absolute Gasteiger partial charge is 0.114 e. The summed E-state index contributed by atoms with van der Waals surface area (Å²) in [6, 6.07) is 33.2. The van der Waals surface area contributed by atoms with Gasteiger partial charge in [-0.05, 0) is 43.3 Å². The first-order valence-electron chi connectivity index (χ1n) is 10.1. The average molecular weight is 391 g/mol. The monoisotopic (exact) mass is 391 g/mol. The molecule has 0 amide bonds. The maximum absolute atomic E-state index is 6.04. The third-order valence-electron chi connectivity index (χ3n) is 5.64. The fourth-order valence-corrected chi connectivity index (χ4v) is 9.31. The van der Waals surface area contributed by atoms with E-state index in [1.54, 1.807) is 0 Å². The molecule has 0 N–H and O–H groups in total. The van der Waals surface area contributed by atoms with E-state index in [0.29, 0.717) is 25.5 Å². The second kappa shape index (κ2) is 9.01. The van der Waals surface area contributed by atoms with Gasteiger partial charge < -0.3 is 9.47 Å². The lowest BCUT2D eigenvalue weighted by atomic mass is 10.2. The zero-order valence-corrected chi connectivity index (χ0v) is 17.3. The van der Waals surface area contributed by atoms with Crippen molar-refractivity contribution in [3.05, 3.63) is 91.0 Å². The highest BCUT2D eigenvalue weighted by Gasteiger charge is 2.50. The third-order valence-corrected chi connectivity index (χ3v) is 10.5. The molecule has 3 aromatic carbocycles. The highest BCUT2D eigenvalue weighted by Crippen LogP contribution is 2.60. The van der Waals surface area contributed by atoms with E-state index in [-0.39, 0.29) is 6.10 Å². The van der Waals surface area contributed by atoms with Crippen molar-refractivity contribution >= 4 is 23.2 Å². The lowest BCUT2D eigenvalue weighted by molar-refractivity contribution is -0.0902. The molecule has 1 saturated heterocycles. The van der Waals surface area contributed by atoms with Gasteiger partial charge >= 0.3 is 0 Å². The van der Waals surface area contributed by atoms with Crippen LogP contribution in [0.3, 0.4) is 0 Å². The normalized spacial score (nSPS) is 18.5. The van der Waals surface area contributed by atoms with Crippen molar-refractivity contribution in [3.63, 3.8) is 0 Å². The van der Waals surface area contributed by atoms with E-state index in [9.17, 15) is 0 Å². The summed E-state index contributed by atoms with van der Waals surface area (Å²) < 4.78 is 11.7. The Morgan fingerprint density at radius 3 is 1.61 bits per heavy atom. The van der Waals surface area contributed by atoms with Crippen LogP contribution in [0.15, 0.2) is 91.0 Å². The van der Waals surface area contributed by atoms with Crippen LogP contribution in [0.25, 0.3) is 0 Å². The molecule has 0 aliphatic carbocycles. The Kier molecular flexibility index (Phi) is 6.22. The maximum Gasteiger partial charge on any atom is 0.114 e. The topological polar surface area (TPSA) is 18.5 Å². The number of benzene rings is 3. The highest BCUT2D eigenvalue weighted by atomic mass is 31.2. The fourth-order valence-electron chi connectivity index (χ4n) is 4.41. The van der Waals surface area contributed by atoms with Gasteiger partial charge in [0.2, 0.25) is 0 Å². The molecule has 28 heavy (non-hydrogen) atoms. The van der Waals surface area contributed by atoms with Crippen LogP contribution < -0.4 is 15.9 Å². The molecule has 144 valence electrons. The predicted molar refractivity (Wildman–Crippen MR) is 120 cm³/mol. The van der Waals surface area contributed by atoms with Gasteiger partial charge in [0.15, 0.2) is 0 Å². The van der Waals surface area contributed by atoms with Crippen molar-refractivity contribution in [3.8, 4) is 0 Å². The Morgan fingerprint density at radius 1 is 0.750 bits per heavy atom. The molecular weight excluding hydrogens is 363 g/mol. The third kappa shape index (κ3) is 3.78. The van der Waals surface area contributed by atoms with E-state index in [0.717, 1.165) is 6.42 Å². The number of hydrogen-bond acceptors (Lipinski definition) is 2. The second-order valence-electron chi connectivity index (χ2n) is 7.38. The van der Waals surface area contributed by atoms with Crippen LogP contribution in [-0.4, -0.2) is 31.6 Å². The van der Waals surface area contributed by atoms with Gasteiger partial charge in [0.25, 0.3) is 0 Å². The minimum absolute atomic E-state index is 0.166. The lowest BCUT2D eigenvalue weighted by Crippen LogP contribution is -2.40. The van der Waals surface area contributed by atoms with Crippen molar-refractivity contribution in [2.24, 2.45) is 0 Å². The van der Waals surface area contributed by atoms with E-state index in [1.165, 1.54) is 15.9 Å². The molecule has 3 aromatic rings. The van der Waals surface area contributed by atoms with Gasteiger partial charge in [-0.15, -0.1) is 0 Å². The van der Waals surface area contributed by atoms with Crippen LogP contribution in [0.4, 0.5) is 0 Å². The molecular formula is C25H28O2P+. The van der Waals surface area contributed by atoms with Crippen LogP contribution in [0.2, 0.25) is 0 Å². The van der Waals surface area contributed by atoms with E-state index in [4.69, 9.17) is 9.47 Å². The van der Waals surface area contributed by atoms with Crippen molar-refractivity contribution < 1.29 is 9.47 Å². The Balaban J connectivity index is 1.87. The van der Waals surface area contributed by atoms with Gasteiger partial charge in [0.1, 0.15) is 23.2 Å². The molecule has 1 aliphatic heterocycles. The largest absolute Gasteiger partial charge is 0.376 e. The molecule has 1 fully saturated rings. The first-order valence-corrected chi connectivity index (χ1v) is 11.9. The minimum atomic E-state index is -1.85. The van der Waals surface area contributed by atoms with Crippen LogP contribution in [0.5, 0.6) is 0 Å². The van der Waals surface area contributed by atoms with Crippen LogP contribution in [0.1, 0.15) is 13.3 Å². The molecule has 1 heterocycles. The summed E-state index contributed by atoms with van der Waals surface area (Å²) in [6.07, 6.45) is 1.16. The standard InChI is InChI=1S/C25H28O2P/c1-21(19-22-20-26-17-18-27-22)28(23-11-5-2-6-12-23,24-13-7-3-8-14-24)25-15-9-4-10-16-25/h2-16,21-22H,17-20H2,1H3/q+1. The molecule has 2 unspecified atom stereocenters. The van der Waals surface area contributed by atoms with Crippen LogP contribution >= 0.6 is 7.26 Å². The number of rotatable bonds is 6. The van der Waals surface area contributed by atoms with E-state index in [1.807, 2.05) is 0 Å². The minimum Gasteiger partial charge on any atom is -0.376 e. The quantitative estimate of drug-likeness (QED) is 0.587. The van der Waals surface area contributed by atoms with Crippen molar-refractivity contribution in [2.75, 3.05) is 19.8 Å². The molecule has 3 heteroatoms. The zero-order valence-electron chi connectivity index (χ0n) is 16.4.